The summed E-state index contributed by atoms with van der Waals surface area (Å²) >= 11 is 0.741. The molecule has 0 unspecified atom stereocenters. The molecule has 36 heavy (non-hydrogen) atoms. The fourth-order valence-corrected chi connectivity index (χ4v) is 5.42. The first kappa shape index (κ1) is 26.8. The van der Waals surface area contributed by atoms with Gasteiger partial charge in [-0.15, -0.1) is 0 Å². The monoisotopic (exact) mass is 526 g/mol. The van der Waals surface area contributed by atoms with Gasteiger partial charge in [0.05, 0.1) is 5.75 Å². The molecule has 1 amide bonds. The molecule has 1 heterocycles. The van der Waals surface area contributed by atoms with Gasteiger partial charge < -0.3 is 9.47 Å². The number of aryl methyl sites for hydroxylation is 1. The minimum Gasteiger partial charge on any atom is -0.490 e. The summed E-state index contributed by atoms with van der Waals surface area (Å²) in [6, 6.07) is 16.5. The number of aromatic nitrogens is 2. The van der Waals surface area contributed by atoms with Crippen LogP contribution >= 0.6 is 11.5 Å². The smallest absolute Gasteiger partial charge is 0.268 e. The topological polar surface area (TPSA) is 131 Å². The van der Waals surface area contributed by atoms with Crippen LogP contribution in [-0.2, 0) is 14.6 Å². The number of amides is 1. The van der Waals surface area contributed by atoms with Gasteiger partial charge in [0.15, 0.2) is 0 Å². The maximum absolute atomic E-state index is 12.5. The molecule has 188 valence electrons. The summed E-state index contributed by atoms with van der Waals surface area (Å²) < 4.78 is 39.7. The van der Waals surface area contributed by atoms with Crippen molar-refractivity contribution in [1.82, 2.24) is 9.36 Å². The van der Waals surface area contributed by atoms with Gasteiger partial charge in [0, 0.05) is 11.5 Å². The number of sulfone groups is 1. The zero-order valence-corrected chi connectivity index (χ0v) is 21.7. The molecule has 11 heteroatoms. The summed E-state index contributed by atoms with van der Waals surface area (Å²) in [4.78, 5) is 16.4. The normalized spacial score (nSPS) is 11.7. The molecule has 0 aliphatic heterocycles. The largest absolute Gasteiger partial charge is 0.490 e. The third kappa shape index (κ3) is 7.63. The Labute approximate surface area is 214 Å². The van der Waals surface area contributed by atoms with Crippen molar-refractivity contribution >= 4 is 38.5 Å². The number of para-hydroxylation sites is 1. The second-order valence-corrected chi connectivity index (χ2v) is 10.9. The summed E-state index contributed by atoms with van der Waals surface area (Å²) in [5, 5.41) is 11.5. The van der Waals surface area contributed by atoms with Gasteiger partial charge in [-0.25, -0.2) is 8.42 Å². The number of carbonyl (C=O) groups is 1. The van der Waals surface area contributed by atoms with Crippen LogP contribution < -0.4 is 14.8 Å². The van der Waals surface area contributed by atoms with Gasteiger partial charge in [0.1, 0.15) is 36.4 Å². The minimum atomic E-state index is -3.64. The summed E-state index contributed by atoms with van der Waals surface area (Å²) in [5.41, 5.74) is 1.49. The van der Waals surface area contributed by atoms with Gasteiger partial charge in [-0.3, -0.25) is 10.1 Å². The molecule has 9 nitrogen and oxygen atoms in total. The van der Waals surface area contributed by atoms with Crippen LogP contribution in [0.1, 0.15) is 25.0 Å². The number of hydrogen-bond acceptors (Lipinski definition) is 9. The predicted molar refractivity (Wildman–Crippen MR) is 138 cm³/mol. The molecule has 0 radical (unpaired) electrons. The zero-order valence-electron chi connectivity index (χ0n) is 20.1. The number of anilines is 1. The molecule has 3 rings (SSSR count). The lowest BCUT2D eigenvalue weighted by molar-refractivity contribution is -0.112. The molecular formula is C25H26N4O5S2. The number of nitrogens with zero attached hydrogens (tertiary/aromatic N) is 3. The van der Waals surface area contributed by atoms with Crippen molar-refractivity contribution in [2.45, 2.75) is 25.9 Å². The molecule has 0 spiro atoms. The number of nitriles is 1. The number of ether oxygens (including phenoxy) is 2. The molecule has 0 saturated carbocycles. The van der Waals surface area contributed by atoms with Gasteiger partial charge in [-0.2, -0.15) is 14.6 Å². The van der Waals surface area contributed by atoms with E-state index >= 15 is 0 Å². The Hall–Kier alpha value is -3.75. The number of carbonyl (C=O) groups excluding carboxylic acids is 1. The van der Waals surface area contributed by atoms with Crippen LogP contribution in [0.25, 0.3) is 6.08 Å². The van der Waals surface area contributed by atoms with Gasteiger partial charge in [-0.05, 0) is 48.2 Å². The van der Waals surface area contributed by atoms with Crippen molar-refractivity contribution in [3.05, 3.63) is 65.2 Å². The third-order valence-corrected chi connectivity index (χ3v) is 7.31. The van der Waals surface area contributed by atoms with E-state index in [0.717, 1.165) is 22.8 Å². The van der Waals surface area contributed by atoms with E-state index in [0.29, 0.717) is 24.5 Å². The first-order valence-electron chi connectivity index (χ1n) is 11.1. The molecule has 1 N–H and O–H groups in total. The van der Waals surface area contributed by atoms with Gasteiger partial charge >= 0.3 is 0 Å². The third-order valence-electron chi connectivity index (χ3n) is 4.72. The lowest BCUT2D eigenvalue weighted by Crippen LogP contribution is -2.15. The Morgan fingerprint density at radius 1 is 1.14 bits per heavy atom. The van der Waals surface area contributed by atoms with Crippen LogP contribution in [0, 0.1) is 24.2 Å². The maximum Gasteiger partial charge on any atom is 0.268 e. The Balaban J connectivity index is 1.56. The van der Waals surface area contributed by atoms with Gasteiger partial charge in [0.2, 0.25) is 15.0 Å². The molecule has 0 aliphatic carbocycles. The van der Waals surface area contributed by atoms with Crippen molar-refractivity contribution in [2.75, 3.05) is 24.3 Å². The van der Waals surface area contributed by atoms with E-state index in [2.05, 4.69) is 14.7 Å². The van der Waals surface area contributed by atoms with Crippen LogP contribution in [0.3, 0.4) is 0 Å². The molecule has 2 aromatic carbocycles. The Morgan fingerprint density at radius 2 is 1.83 bits per heavy atom. The van der Waals surface area contributed by atoms with E-state index in [1.54, 1.807) is 38.1 Å². The Kier molecular flexibility index (Phi) is 9.16. The molecule has 0 fully saturated rings. The number of nitrogens with one attached hydrogen (secondary N) is 1. The lowest BCUT2D eigenvalue weighted by Gasteiger charge is -2.10. The summed E-state index contributed by atoms with van der Waals surface area (Å²) in [5.74, 6) is 0.529. The van der Waals surface area contributed by atoms with Crippen LogP contribution in [0.2, 0.25) is 0 Å². The zero-order chi connectivity index (χ0) is 26.1. The fourth-order valence-electron chi connectivity index (χ4n) is 3.07. The van der Waals surface area contributed by atoms with Gasteiger partial charge in [-0.1, -0.05) is 44.2 Å². The van der Waals surface area contributed by atoms with Crippen LogP contribution in [-0.4, -0.2) is 42.6 Å². The summed E-state index contributed by atoms with van der Waals surface area (Å²) in [7, 11) is -3.64. The lowest BCUT2D eigenvalue weighted by atomic mass is 10.1. The predicted octanol–water partition coefficient (Wildman–Crippen LogP) is 4.28. The Morgan fingerprint density at radius 3 is 2.50 bits per heavy atom. The van der Waals surface area contributed by atoms with Crippen LogP contribution in [0.15, 0.2) is 59.3 Å². The number of hydrogen-bond donors (Lipinski definition) is 1. The fraction of sp³-hybridized carbons (Fsp3) is 0.280. The molecule has 3 aromatic rings. The second-order valence-electron chi connectivity index (χ2n) is 8.21. The average molecular weight is 527 g/mol. The molecule has 0 aliphatic rings. The van der Waals surface area contributed by atoms with E-state index in [9.17, 15) is 18.5 Å². The molecule has 0 saturated heterocycles. The maximum atomic E-state index is 12.5. The highest BCUT2D eigenvalue weighted by Crippen LogP contribution is 2.20. The van der Waals surface area contributed by atoms with Gasteiger partial charge in [0.25, 0.3) is 11.1 Å². The molecular weight excluding hydrogens is 500 g/mol. The summed E-state index contributed by atoms with van der Waals surface area (Å²) in [6.45, 7) is 6.26. The highest BCUT2D eigenvalue weighted by atomic mass is 32.2. The van der Waals surface area contributed by atoms with Crippen molar-refractivity contribution in [2.24, 2.45) is 5.92 Å². The SMILES string of the molecule is Cc1ccccc1OCCOc1ccc(C=C(C#N)C(=O)Nc2nc(S(=O)(=O)CC(C)C)ns2)cc1. The second kappa shape index (κ2) is 12.3. The first-order chi connectivity index (χ1) is 17.2. The quantitative estimate of drug-likeness (QED) is 0.222. The van der Waals surface area contributed by atoms with Crippen LogP contribution in [0.4, 0.5) is 5.13 Å². The van der Waals surface area contributed by atoms with Crippen molar-refractivity contribution in [3.63, 3.8) is 0 Å². The van der Waals surface area contributed by atoms with E-state index < -0.39 is 15.7 Å². The van der Waals surface area contributed by atoms with E-state index in [1.165, 1.54) is 6.08 Å². The van der Waals surface area contributed by atoms with Crippen LogP contribution in [0.5, 0.6) is 11.5 Å². The highest BCUT2D eigenvalue weighted by Gasteiger charge is 2.23. The van der Waals surface area contributed by atoms with Crippen molar-refractivity contribution in [3.8, 4) is 17.6 Å². The summed E-state index contributed by atoms with van der Waals surface area (Å²) in [6.07, 6.45) is 1.41. The van der Waals surface area contributed by atoms with E-state index in [-0.39, 0.29) is 27.5 Å². The highest BCUT2D eigenvalue weighted by molar-refractivity contribution is 7.91. The van der Waals surface area contributed by atoms with Crippen molar-refractivity contribution < 1.29 is 22.7 Å². The number of rotatable bonds is 11. The average Bonchev–Trinajstić information content (AvgIpc) is 3.31. The van der Waals surface area contributed by atoms with E-state index in [1.807, 2.05) is 37.3 Å². The molecule has 0 atom stereocenters. The van der Waals surface area contributed by atoms with E-state index in [4.69, 9.17) is 9.47 Å². The van der Waals surface area contributed by atoms with Crippen molar-refractivity contribution in [1.29, 1.82) is 5.26 Å². The number of benzene rings is 2. The Bertz CT molecular complexity index is 1370. The first-order valence-corrected chi connectivity index (χ1v) is 13.5. The molecule has 1 aromatic heterocycles. The molecule has 0 bridgehead atoms. The minimum absolute atomic E-state index is 0.000134. The standard InChI is InChI=1S/C25H26N4O5S2/c1-17(2)16-36(31,32)25-28-24(35-29-25)27-23(30)20(15-26)14-19-8-10-21(11-9-19)33-12-13-34-22-7-5-4-6-18(22)3/h4-11,14,17H,12-13,16H2,1-3H3,(H,27,28,29,30).